The van der Waals surface area contributed by atoms with E-state index >= 15 is 0 Å². The summed E-state index contributed by atoms with van der Waals surface area (Å²) in [4.78, 5) is 21.8. The minimum Gasteiger partial charge on any atom is -0.378 e. The first-order chi connectivity index (χ1) is 14.8. The number of rotatable bonds is 5. The van der Waals surface area contributed by atoms with Gasteiger partial charge in [0.2, 0.25) is 0 Å². The quantitative estimate of drug-likeness (QED) is 0.467. The Hall–Kier alpha value is -3.67. The Balaban J connectivity index is 1.69. The van der Waals surface area contributed by atoms with Gasteiger partial charge in [0.15, 0.2) is 0 Å². The number of hydrogen-bond acceptors (Lipinski definition) is 5. The number of fused-ring (bicyclic) bond motifs is 1. The number of aryl methyl sites for hydroxylation is 2. The summed E-state index contributed by atoms with van der Waals surface area (Å²) in [7, 11) is 5.82. The van der Waals surface area contributed by atoms with Gasteiger partial charge in [0, 0.05) is 38.9 Å². The number of aromatic nitrogens is 2. The molecule has 0 aliphatic carbocycles. The van der Waals surface area contributed by atoms with E-state index in [1.165, 1.54) is 0 Å². The Morgan fingerprint density at radius 2 is 1.65 bits per heavy atom. The molecule has 1 amide bonds. The molecule has 2 aromatic heterocycles. The topological polar surface area (TPSA) is 62.5 Å². The van der Waals surface area contributed by atoms with E-state index in [1.54, 1.807) is 4.90 Å². The van der Waals surface area contributed by atoms with Crippen LogP contribution in [0.25, 0.3) is 22.4 Å². The number of carbonyl (C=O) groups excluding carboxylic acids is 1. The highest BCUT2D eigenvalue weighted by Crippen LogP contribution is 2.28. The Bertz CT molecular complexity index is 1230. The summed E-state index contributed by atoms with van der Waals surface area (Å²) in [6, 6.07) is 18.1. The van der Waals surface area contributed by atoms with Crippen molar-refractivity contribution in [2.24, 2.45) is 0 Å². The minimum atomic E-state index is -0.0938. The second-order valence-electron chi connectivity index (χ2n) is 8.09. The van der Waals surface area contributed by atoms with Crippen molar-refractivity contribution in [2.75, 3.05) is 26.0 Å². The third kappa shape index (κ3) is 4.14. The predicted molar refractivity (Wildman–Crippen MR) is 123 cm³/mol. The van der Waals surface area contributed by atoms with Crippen molar-refractivity contribution in [3.63, 3.8) is 0 Å². The second kappa shape index (κ2) is 8.22. The van der Waals surface area contributed by atoms with E-state index in [0.29, 0.717) is 34.6 Å². The summed E-state index contributed by atoms with van der Waals surface area (Å²) >= 11 is 0. The van der Waals surface area contributed by atoms with Crippen LogP contribution in [-0.4, -0.2) is 42.1 Å². The summed E-state index contributed by atoms with van der Waals surface area (Å²) < 4.78 is 5.42. The lowest BCUT2D eigenvalue weighted by atomic mass is 10.0. The van der Waals surface area contributed by atoms with Crippen LogP contribution in [0.15, 0.2) is 59.1 Å². The Morgan fingerprint density at radius 3 is 2.29 bits per heavy atom. The first-order valence-corrected chi connectivity index (χ1v) is 10.2. The SMILES string of the molecule is Cc1ccc(-c2cc(C(=O)N(C)Cc3ccc(N(C)C)cc3)c3c(C)noc3n2)cc1. The summed E-state index contributed by atoms with van der Waals surface area (Å²) in [6.07, 6.45) is 0. The Kier molecular flexibility index (Phi) is 5.46. The number of nitrogens with zero attached hydrogens (tertiary/aromatic N) is 4. The molecule has 158 valence electrons. The fraction of sp³-hybridized carbons (Fsp3) is 0.240. The van der Waals surface area contributed by atoms with Gasteiger partial charge < -0.3 is 14.3 Å². The van der Waals surface area contributed by atoms with Gasteiger partial charge in [0.05, 0.1) is 22.3 Å². The van der Waals surface area contributed by atoms with Gasteiger partial charge in [-0.3, -0.25) is 4.79 Å². The molecule has 0 atom stereocenters. The molecule has 2 heterocycles. The fourth-order valence-corrected chi connectivity index (χ4v) is 3.59. The van der Waals surface area contributed by atoms with Crippen LogP contribution in [0.4, 0.5) is 5.69 Å². The maximum atomic E-state index is 13.4. The van der Waals surface area contributed by atoms with Crippen LogP contribution in [0.1, 0.15) is 27.2 Å². The summed E-state index contributed by atoms with van der Waals surface area (Å²) in [5, 5.41) is 4.71. The zero-order chi connectivity index (χ0) is 22.1. The second-order valence-corrected chi connectivity index (χ2v) is 8.09. The van der Waals surface area contributed by atoms with Crippen molar-refractivity contribution in [1.82, 2.24) is 15.0 Å². The predicted octanol–water partition coefficient (Wildman–Crippen LogP) is 4.84. The maximum Gasteiger partial charge on any atom is 0.259 e. The molecule has 0 radical (unpaired) electrons. The summed E-state index contributed by atoms with van der Waals surface area (Å²) in [6.45, 7) is 4.37. The van der Waals surface area contributed by atoms with E-state index < -0.39 is 0 Å². The molecule has 0 aliphatic heterocycles. The van der Waals surface area contributed by atoms with Crippen LogP contribution in [0.3, 0.4) is 0 Å². The third-order valence-corrected chi connectivity index (χ3v) is 5.41. The van der Waals surface area contributed by atoms with Crippen molar-refractivity contribution in [1.29, 1.82) is 0 Å². The van der Waals surface area contributed by atoms with E-state index in [9.17, 15) is 4.79 Å². The molecule has 31 heavy (non-hydrogen) atoms. The number of carbonyl (C=O) groups is 1. The van der Waals surface area contributed by atoms with Gasteiger partial charge >= 0.3 is 0 Å². The molecule has 0 fully saturated rings. The first kappa shape index (κ1) is 20.6. The number of amides is 1. The molecule has 2 aromatic carbocycles. The van der Waals surface area contributed by atoms with Gasteiger partial charge in [-0.05, 0) is 37.6 Å². The van der Waals surface area contributed by atoms with E-state index in [1.807, 2.05) is 82.4 Å². The van der Waals surface area contributed by atoms with E-state index in [0.717, 1.165) is 22.4 Å². The van der Waals surface area contributed by atoms with Gasteiger partial charge in [-0.15, -0.1) is 0 Å². The zero-order valence-corrected chi connectivity index (χ0v) is 18.5. The zero-order valence-electron chi connectivity index (χ0n) is 18.5. The number of benzene rings is 2. The van der Waals surface area contributed by atoms with E-state index in [2.05, 4.69) is 22.3 Å². The number of anilines is 1. The van der Waals surface area contributed by atoms with Crippen LogP contribution >= 0.6 is 0 Å². The largest absolute Gasteiger partial charge is 0.378 e. The maximum absolute atomic E-state index is 13.4. The fourth-order valence-electron chi connectivity index (χ4n) is 3.59. The van der Waals surface area contributed by atoms with Crippen LogP contribution in [0.5, 0.6) is 0 Å². The highest BCUT2D eigenvalue weighted by atomic mass is 16.5. The van der Waals surface area contributed by atoms with Gasteiger partial charge in [-0.25, -0.2) is 4.98 Å². The average molecular weight is 415 g/mol. The molecule has 0 bridgehead atoms. The molecule has 4 rings (SSSR count). The Labute approximate surface area is 182 Å². The van der Waals surface area contributed by atoms with Crippen molar-refractivity contribution in [3.05, 3.63) is 77.0 Å². The lowest BCUT2D eigenvalue weighted by Crippen LogP contribution is -2.26. The standard InChI is InChI=1S/C25H26N4O2/c1-16-6-10-19(11-7-16)22-14-21(23-17(2)27-31-24(23)26-22)25(30)29(5)15-18-8-12-20(13-9-18)28(3)4/h6-14H,15H2,1-5H3. The van der Waals surface area contributed by atoms with Crippen molar-refractivity contribution in [2.45, 2.75) is 20.4 Å². The van der Waals surface area contributed by atoms with Crippen LogP contribution in [0, 0.1) is 13.8 Å². The number of hydrogen-bond donors (Lipinski definition) is 0. The molecule has 0 unspecified atom stereocenters. The van der Waals surface area contributed by atoms with E-state index in [4.69, 9.17) is 4.52 Å². The van der Waals surface area contributed by atoms with Gasteiger partial charge in [-0.2, -0.15) is 0 Å². The molecule has 6 heteroatoms. The highest BCUT2D eigenvalue weighted by Gasteiger charge is 2.22. The molecule has 6 nitrogen and oxygen atoms in total. The van der Waals surface area contributed by atoms with Crippen LogP contribution in [0.2, 0.25) is 0 Å². The molecular weight excluding hydrogens is 388 g/mol. The monoisotopic (exact) mass is 414 g/mol. The van der Waals surface area contributed by atoms with Gasteiger partial charge in [-0.1, -0.05) is 47.1 Å². The van der Waals surface area contributed by atoms with Crippen molar-refractivity contribution < 1.29 is 9.32 Å². The Morgan fingerprint density at radius 1 is 0.968 bits per heavy atom. The van der Waals surface area contributed by atoms with Crippen molar-refractivity contribution in [3.8, 4) is 11.3 Å². The molecule has 0 saturated carbocycles. The normalized spacial score (nSPS) is 11.0. The lowest BCUT2D eigenvalue weighted by Gasteiger charge is -2.19. The highest BCUT2D eigenvalue weighted by molar-refractivity contribution is 6.06. The average Bonchev–Trinajstić information content (AvgIpc) is 3.14. The van der Waals surface area contributed by atoms with Crippen molar-refractivity contribution >= 4 is 22.7 Å². The van der Waals surface area contributed by atoms with Crippen LogP contribution in [-0.2, 0) is 6.54 Å². The van der Waals surface area contributed by atoms with E-state index in [-0.39, 0.29) is 5.91 Å². The summed E-state index contributed by atoms with van der Waals surface area (Å²) in [5.74, 6) is -0.0938. The summed E-state index contributed by atoms with van der Waals surface area (Å²) in [5.41, 5.74) is 6.55. The lowest BCUT2D eigenvalue weighted by molar-refractivity contribution is 0.0787. The molecule has 0 saturated heterocycles. The number of pyridine rings is 1. The smallest absolute Gasteiger partial charge is 0.259 e. The van der Waals surface area contributed by atoms with Gasteiger partial charge in [0.1, 0.15) is 0 Å². The molecular formula is C25H26N4O2. The first-order valence-electron chi connectivity index (χ1n) is 10.2. The van der Waals surface area contributed by atoms with Crippen LogP contribution < -0.4 is 4.90 Å². The van der Waals surface area contributed by atoms with Gasteiger partial charge in [0.25, 0.3) is 11.6 Å². The molecule has 0 aliphatic rings. The molecule has 0 spiro atoms. The minimum absolute atomic E-state index is 0.0938. The molecule has 0 N–H and O–H groups in total. The molecule has 4 aromatic rings. The third-order valence-electron chi connectivity index (χ3n) is 5.41.